The van der Waals surface area contributed by atoms with Crippen LogP contribution in [0.1, 0.15) is 0 Å². The molecule has 0 radical (unpaired) electrons. The third-order valence-electron chi connectivity index (χ3n) is 10.3. The van der Waals surface area contributed by atoms with E-state index in [1.54, 1.807) is 0 Å². The van der Waals surface area contributed by atoms with E-state index in [1.807, 2.05) is 0 Å². The highest BCUT2D eigenvalue weighted by Gasteiger charge is 2.21. The van der Waals surface area contributed by atoms with Crippen molar-refractivity contribution in [1.29, 1.82) is 0 Å². The van der Waals surface area contributed by atoms with Gasteiger partial charge in [0.2, 0.25) is 5.95 Å². The normalized spacial score (nSPS) is 12.0. The van der Waals surface area contributed by atoms with Crippen molar-refractivity contribution in [3.8, 4) is 22.9 Å². The van der Waals surface area contributed by atoms with E-state index in [4.69, 9.17) is 9.97 Å². The maximum Gasteiger partial charge on any atom is 0.235 e. The Morgan fingerprint density at radius 1 is 0.360 bits per heavy atom. The molecule has 0 fully saturated rings. The highest BCUT2D eigenvalue weighted by molar-refractivity contribution is 6.28. The predicted molar refractivity (Wildman–Crippen MR) is 209 cm³/mol. The summed E-state index contributed by atoms with van der Waals surface area (Å²) in [6.07, 6.45) is 0. The van der Waals surface area contributed by atoms with Crippen LogP contribution in [0.4, 0.5) is 0 Å². The first-order chi connectivity index (χ1) is 24.8. The van der Waals surface area contributed by atoms with E-state index in [0.29, 0.717) is 5.95 Å². The maximum atomic E-state index is 5.48. The fourth-order valence-electron chi connectivity index (χ4n) is 8.12. The largest absolute Gasteiger partial charge is 0.309 e. The summed E-state index contributed by atoms with van der Waals surface area (Å²) < 4.78 is 4.63. The highest BCUT2D eigenvalue weighted by atomic mass is 15.2. The van der Waals surface area contributed by atoms with Gasteiger partial charge in [-0.3, -0.25) is 4.57 Å². The molecule has 8 aromatic carbocycles. The molecule has 0 amide bonds. The second kappa shape index (κ2) is 10.4. The van der Waals surface area contributed by atoms with Gasteiger partial charge in [-0.15, -0.1) is 0 Å². The van der Waals surface area contributed by atoms with Crippen molar-refractivity contribution in [2.75, 3.05) is 0 Å². The van der Waals surface area contributed by atoms with Gasteiger partial charge in [0.25, 0.3) is 0 Å². The van der Waals surface area contributed by atoms with E-state index in [2.05, 4.69) is 179 Å². The van der Waals surface area contributed by atoms with E-state index in [9.17, 15) is 0 Å². The fraction of sp³-hybridized carbons (Fsp3) is 0. The van der Waals surface area contributed by atoms with Crippen LogP contribution < -0.4 is 0 Å². The van der Waals surface area contributed by atoms with Crippen LogP contribution in [-0.4, -0.2) is 19.1 Å². The molecule has 50 heavy (non-hydrogen) atoms. The minimum Gasteiger partial charge on any atom is -0.309 e. The Kier molecular flexibility index (Phi) is 5.63. The van der Waals surface area contributed by atoms with E-state index >= 15 is 0 Å². The molecule has 0 bridgehead atoms. The van der Waals surface area contributed by atoms with Gasteiger partial charge in [0.05, 0.1) is 33.3 Å². The minimum absolute atomic E-state index is 0.660. The van der Waals surface area contributed by atoms with Crippen LogP contribution >= 0.6 is 0 Å². The summed E-state index contributed by atoms with van der Waals surface area (Å²) in [4.78, 5) is 10.8. The van der Waals surface area contributed by atoms with Crippen molar-refractivity contribution in [3.63, 3.8) is 0 Å². The second-order valence-electron chi connectivity index (χ2n) is 13.0. The molecule has 0 saturated carbocycles. The van der Waals surface area contributed by atoms with Crippen molar-refractivity contribution in [2.45, 2.75) is 0 Å². The average molecular weight is 637 g/mol. The summed E-state index contributed by atoms with van der Waals surface area (Å²) in [7, 11) is 0. The quantitative estimate of drug-likeness (QED) is 0.193. The van der Waals surface area contributed by atoms with Crippen LogP contribution in [0.25, 0.3) is 99.0 Å². The van der Waals surface area contributed by atoms with Gasteiger partial charge in [-0.1, -0.05) is 127 Å². The molecular formula is C46H28N4. The zero-order valence-electron chi connectivity index (χ0n) is 27.0. The van der Waals surface area contributed by atoms with Crippen LogP contribution in [0, 0.1) is 0 Å². The van der Waals surface area contributed by atoms with Crippen LogP contribution in [0.5, 0.6) is 0 Å². The predicted octanol–water partition coefficient (Wildman–Crippen LogP) is 11.8. The lowest BCUT2D eigenvalue weighted by molar-refractivity contribution is 1.01. The lowest BCUT2D eigenvalue weighted by atomic mass is 10.00. The molecule has 0 spiro atoms. The summed E-state index contributed by atoms with van der Waals surface area (Å²) in [5.74, 6) is 0.660. The Morgan fingerprint density at radius 2 is 0.940 bits per heavy atom. The third kappa shape index (κ3) is 3.81. The Balaban J connectivity index is 1.24. The molecule has 232 valence electrons. The third-order valence-corrected chi connectivity index (χ3v) is 10.3. The Bertz CT molecular complexity index is 3060. The number of nitrogens with zero attached hydrogens (tertiary/aromatic N) is 4. The number of rotatable bonds is 3. The molecule has 0 saturated heterocycles. The van der Waals surface area contributed by atoms with E-state index in [0.717, 1.165) is 44.4 Å². The van der Waals surface area contributed by atoms with E-state index in [-0.39, 0.29) is 0 Å². The van der Waals surface area contributed by atoms with Crippen molar-refractivity contribution >= 4 is 76.1 Å². The number of benzene rings is 8. The smallest absolute Gasteiger partial charge is 0.235 e. The highest BCUT2D eigenvalue weighted by Crippen LogP contribution is 2.41. The molecule has 4 nitrogen and oxygen atoms in total. The number of aromatic nitrogens is 4. The minimum atomic E-state index is 0.660. The first kappa shape index (κ1) is 27.2. The average Bonchev–Trinajstić information content (AvgIpc) is 3.71. The van der Waals surface area contributed by atoms with Gasteiger partial charge in [-0.2, -0.15) is 0 Å². The van der Waals surface area contributed by atoms with Gasteiger partial charge in [-0.25, -0.2) is 9.97 Å². The molecular weight excluding hydrogens is 609 g/mol. The maximum absolute atomic E-state index is 5.48. The van der Waals surface area contributed by atoms with E-state index in [1.165, 1.54) is 48.6 Å². The van der Waals surface area contributed by atoms with Gasteiger partial charge in [0.1, 0.15) is 0 Å². The molecule has 0 atom stereocenters. The van der Waals surface area contributed by atoms with Crippen LogP contribution in [0.15, 0.2) is 170 Å². The monoisotopic (exact) mass is 636 g/mol. The summed E-state index contributed by atoms with van der Waals surface area (Å²) in [6.45, 7) is 0. The molecule has 3 aromatic heterocycles. The van der Waals surface area contributed by atoms with Crippen LogP contribution in [-0.2, 0) is 0 Å². The van der Waals surface area contributed by atoms with Crippen molar-refractivity contribution in [2.24, 2.45) is 0 Å². The number of hydrogen-bond acceptors (Lipinski definition) is 2. The van der Waals surface area contributed by atoms with E-state index < -0.39 is 0 Å². The number of hydrogen-bond donors (Lipinski definition) is 0. The molecule has 0 aliphatic heterocycles. The van der Waals surface area contributed by atoms with Gasteiger partial charge in [-0.05, 0) is 64.0 Å². The summed E-state index contributed by atoms with van der Waals surface area (Å²) in [5, 5.41) is 10.8. The zero-order chi connectivity index (χ0) is 32.8. The van der Waals surface area contributed by atoms with Gasteiger partial charge < -0.3 is 4.57 Å². The topological polar surface area (TPSA) is 35.6 Å². The summed E-state index contributed by atoms with van der Waals surface area (Å²) >= 11 is 0. The fourth-order valence-corrected chi connectivity index (χ4v) is 8.12. The Labute approximate surface area is 287 Å². The Morgan fingerprint density at radius 3 is 1.66 bits per heavy atom. The van der Waals surface area contributed by atoms with Crippen molar-refractivity contribution in [3.05, 3.63) is 170 Å². The molecule has 11 aromatic rings. The lowest BCUT2D eigenvalue weighted by Crippen LogP contribution is -2.03. The number of fused-ring (bicyclic) bond motifs is 11. The first-order valence-electron chi connectivity index (χ1n) is 17.0. The molecule has 0 aliphatic rings. The zero-order valence-corrected chi connectivity index (χ0v) is 27.0. The second-order valence-corrected chi connectivity index (χ2v) is 13.0. The molecule has 4 heteroatoms. The lowest BCUT2D eigenvalue weighted by Gasteiger charge is -2.13. The summed E-state index contributed by atoms with van der Waals surface area (Å²) in [5.41, 5.74) is 8.52. The summed E-state index contributed by atoms with van der Waals surface area (Å²) in [6, 6.07) is 60.6. The van der Waals surface area contributed by atoms with Crippen LogP contribution in [0.3, 0.4) is 0 Å². The standard InChI is InChI=1S/C46H28N4/c1-2-14-32(15-3-1)49-39-21-11-9-18-35(39)36-25-22-31(28-42(36)49)45-37-19-8-10-20-38(37)47-46(48-45)50-40-26-23-29-12-4-6-16-33(29)43(40)44-34-17-7-5-13-30(34)24-27-41(44)50/h1-28H. The van der Waals surface area contributed by atoms with Gasteiger partial charge >= 0.3 is 0 Å². The SMILES string of the molecule is c1ccc(-n2c3ccccc3c3ccc(-c4nc(-n5c6ccc7ccccc7c6c6c7ccccc7ccc65)nc5ccccc45)cc32)cc1. The Hall–Kier alpha value is -6.78. The molecule has 0 N–H and O–H groups in total. The molecule has 3 heterocycles. The number of para-hydroxylation sites is 3. The van der Waals surface area contributed by atoms with Crippen molar-refractivity contribution in [1.82, 2.24) is 19.1 Å². The first-order valence-corrected chi connectivity index (χ1v) is 17.0. The molecule has 0 aliphatic carbocycles. The van der Waals surface area contributed by atoms with Gasteiger partial charge in [0.15, 0.2) is 0 Å². The van der Waals surface area contributed by atoms with Crippen molar-refractivity contribution < 1.29 is 0 Å². The molecule has 11 rings (SSSR count). The van der Waals surface area contributed by atoms with Crippen LogP contribution in [0.2, 0.25) is 0 Å². The van der Waals surface area contributed by atoms with Gasteiger partial charge in [0, 0.05) is 38.2 Å². The molecule has 0 unspecified atom stereocenters.